The van der Waals surface area contributed by atoms with E-state index in [4.69, 9.17) is 0 Å². The van der Waals surface area contributed by atoms with E-state index in [0.717, 1.165) is 9.80 Å². The number of aliphatic hydroxyl groups is 1. The van der Waals surface area contributed by atoms with Gasteiger partial charge in [0.1, 0.15) is 18.7 Å². The summed E-state index contributed by atoms with van der Waals surface area (Å²) < 4.78 is 76.9. The Labute approximate surface area is 200 Å². The van der Waals surface area contributed by atoms with E-state index in [2.05, 4.69) is 0 Å². The first kappa shape index (κ1) is 26.4. The van der Waals surface area contributed by atoms with Gasteiger partial charge in [0.05, 0.1) is 0 Å². The number of halogens is 6. The maximum absolute atomic E-state index is 12.9. The van der Waals surface area contributed by atoms with Crippen LogP contribution in [-0.2, 0) is 5.60 Å². The molecule has 1 N–H and O–H groups in total. The molecule has 0 saturated heterocycles. The topological polar surface area (TPSA) is 26.7 Å². The summed E-state index contributed by atoms with van der Waals surface area (Å²) in [5.74, 6) is 0. The van der Waals surface area contributed by atoms with Crippen LogP contribution in [0.1, 0.15) is 22.3 Å². The van der Waals surface area contributed by atoms with Crippen LogP contribution in [0.15, 0.2) is 72.8 Å². The number of hydrogen-bond donors (Lipinski definition) is 1. The lowest BCUT2D eigenvalue weighted by Crippen LogP contribution is -2.32. The van der Waals surface area contributed by atoms with Gasteiger partial charge in [0.15, 0.2) is 0 Å². The van der Waals surface area contributed by atoms with E-state index < -0.39 is 31.0 Å². The van der Waals surface area contributed by atoms with Gasteiger partial charge in [-0.3, -0.25) is 0 Å². The Hall–Kier alpha value is -3.20. The number of hydrogen-bond acceptors (Lipinski definition) is 3. The molecule has 0 radical (unpaired) electrons. The molecule has 0 saturated carbocycles. The van der Waals surface area contributed by atoms with Crippen molar-refractivity contribution < 1.29 is 31.4 Å². The van der Waals surface area contributed by atoms with Crippen LogP contribution in [0.25, 0.3) is 0 Å². The first-order chi connectivity index (χ1) is 16.2. The van der Waals surface area contributed by atoms with Crippen LogP contribution in [0.4, 0.5) is 37.7 Å². The van der Waals surface area contributed by atoms with Gasteiger partial charge in [0.25, 0.3) is 0 Å². The molecule has 3 nitrogen and oxygen atoms in total. The zero-order valence-electron chi connectivity index (χ0n) is 19.5. The largest absolute Gasteiger partial charge is 0.405 e. The highest BCUT2D eigenvalue weighted by Crippen LogP contribution is 2.39. The monoisotopic (exact) mass is 496 g/mol. The lowest BCUT2D eigenvalue weighted by Gasteiger charge is -2.32. The van der Waals surface area contributed by atoms with Crippen LogP contribution in [0, 0.1) is 6.92 Å². The molecule has 188 valence electrons. The van der Waals surface area contributed by atoms with Crippen molar-refractivity contribution in [3.05, 3.63) is 95.1 Å². The maximum Gasteiger partial charge on any atom is 0.405 e. The first-order valence-corrected chi connectivity index (χ1v) is 10.8. The second kappa shape index (κ2) is 9.81. The molecule has 3 aromatic carbocycles. The smallest absolute Gasteiger partial charge is 0.376 e. The molecular weight excluding hydrogens is 470 g/mol. The summed E-state index contributed by atoms with van der Waals surface area (Å²) in [6.45, 7) is -0.587. The third kappa shape index (κ3) is 6.28. The molecule has 0 heterocycles. The average Bonchev–Trinajstić information content (AvgIpc) is 2.76. The molecule has 0 spiro atoms. The summed E-state index contributed by atoms with van der Waals surface area (Å²) in [6, 6.07) is 19.5. The molecule has 1 unspecified atom stereocenters. The number of anilines is 2. The molecule has 0 aromatic heterocycles. The van der Waals surface area contributed by atoms with Crippen molar-refractivity contribution in [3.63, 3.8) is 0 Å². The van der Waals surface area contributed by atoms with Crippen molar-refractivity contribution >= 4 is 11.4 Å². The van der Waals surface area contributed by atoms with Crippen molar-refractivity contribution in [1.82, 2.24) is 0 Å². The predicted molar refractivity (Wildman–Crippen MR) is 125 cm³/mol. The van der Waals surface area contributed by atoms with Crippen molar-refractivity contribution in [2.24, 2.45) is 0 Å². The van der Waals surface area contributed by atoms with E-state index in [1.54, 1.807) is 61.5 Å². The molecule has 9 heteroatoms. The summed E-state index contributed by atoms with van der Waals surface area (Å²) in [5.41, 5.74) is 0.865. The van der Waals surface area contributed by atoms with E-state index in [-0.39, 0.29) is 0 Å². The summed E-state index contributed by atoms with van der Waals surface area (Å²) >= 11 is 0. The molecule has 1 atom stereocenters. The van der Waals surface area contributed by atoms with Gasteiger partial charge in [0, 0.05) is 25.5 Å². The van der Waals surface area contributed by atoms with Crippen molar-refractivity contribution in [2.75, 3.05) is 37.0 Å². The molecule has 35 heavy (non-hydrogen) atoms. The van der Waals surface area contributed by atoms with Crippen LogP contribution in [-0.4, -0.2) is 44.6 Å². The van der Waals surface area contributed by atoms with E-state index in [1.807, 2.05) is 0 Å². The van der Waals surface area contributed by atoms with E-state index in [0.29, 0.717) is 33.6 Å². The Morgan fingerprint density at radius 1 is 0.657 bits per heavy atom. The highest BCUT2D eigenvalue weighted by molar-refractivity contribution is 5.59. The average molecular weight is 496 g/mol. The minimum Gasteiger partial charge on any atom is -0.376 e. The Morgan fingerprint density at radius 3 is 1.66 bits per heavy atom. The van der Waals surface area contributed by atoms with Crippen LogP contribution < -0.4 is 9.80 Å². The third-order valence-electron chi connectivity index (χ3n) is 5.78. The fraction of sp³-hybridized carbons (Fsp3) is 0.308. The van der Waals surface area contributed by atoms with Gasteiger partial charge < -0.3 is 14.9 Å². The van der Waals surface area contributed by atoms with Gasteiger partial charge >= 0.3 is 12.4 Å². The second-order valence-electron chi connectivity index (χ2n) is 8.57. The maximum atomic E-state index is 12.9. The lowest BCUT2D eigenvalue weighted by atomic mass is 9.79. The Bertz CT molecular complexity index is 1130. The summed E-state index contributed by atoms with van der Waals surface area (Å²) in [5, 5.41) is 12.0. The van der Waals surface area contributed by atoms with Crippen LogP contribution in [0.5, 0.6) is 0 Å². The zero-order valence-corrected chi connectivity index (χ0v) is 19.5. The van der Waals surface area contributed by atoms with Crippen molar-refractivity contribution in [3.8, 4) is 0 Å². The molecule has 0 aliphatic rings. The van der Waals surface area contributed by atoms with E-state index >= 15 is 0 Å². The minimum atomic E-state index is -4.37. The second-order valence-corrected chi connectivity index (χ2v) is 8.57. The van der Waals surface area contributed by atoms with Gasteiger partial charge in [-0.2, -0.15) is 26.3 Å². The van der Waals surface area contributed by atoms with Gasteiger partial charge in [-0.25, -0.2) is 0 Å². The molecular formula is C26H26F6N2O. The van der Waals surface area contributed by atoms with E-state index in [1.165, 1.54) is 32.3 Å². The number of nitrogens with zero attached hydrogens (tertiary/aromatic N) is 2. The molecule has 0 bridgehead atoms. The number of aryl methyl sites for hydroxylation is 1. The predicted octanol–water partition coefficient (Wildman–Crippen LogP) is 6.28. The fourth-order valence-electron chi connectivity index (χ4n) is 4.16. The Balaban J connectivity index is 2.04. The first-order valence-electron chi connectivity index (χ1n) is 10.8. The quantitative estimate of drug-likeness (QED) is 0.308. The van der Waals surface area contributed by atoms with Crippen LogP contribution >= 0.6 is 0 Å². The van der Waals surface area contributed by atoms with Gasteiger partial charge in [0.2, 0.25) is 0 Å². The van der Waals surface area contributed by atoms with Crippen molar-refractivity contribution in [1.29, 1.82) is 0 Å². The highest BCUT2D eigenvalue weighted by Gasteiger charge is 2.35. The molecule has 0 fully saturated rings. The van der Waals surface area contributed by atoms with Crippen LogP contribution in [0.2, 0.25) is 0 Å². The standard InChI is InChI=1S/C26H26F6N2O/c1-18-15-21(11-14-23(18)34(3)17-25(30,31)32)26(35,19-7-5-4-6-8-19)20-9-12-22(13-10-20)33(2)16-24(27,28)29/h4-15,35H,16-17H2,1-3H3. The molecule has 3 rings (SSSR count). The fourth-order valence-corrected chi connectivity index (χ4v) is 4.16. The molecule has 0 amide bonds. The number of rotatable bonds is 7. The van der Waals surface area contributed by atoms with Crippen molar-refractivity contribution in [2.45, 2.75) is 24.9 Å². The molecule has 0 aliphatic carbocycles. The molecule has 3 aromatic rings. The van der Waals surface area contributed by atoms with Crippen LogP contribution in [0.3, 0.4) is 0 Å². The normalized spacial score (nSPS) is 13.9. The highest BCUT2D eigenvalue weighted by atomic mass is 19.4. The van der Waals surface area contributed by atoms with Gasteiger partial charge in [-0.1, -0.05) is 54.6 Å². The number of alkyl halides is 6. The summed E-state index contributed by atoms with van der Waals surface area (Å²) in [7, 11) is 2.67. The van der Waals surface area contributed by atoms with Gasteiger partial charge in [-0.05, 0) is 47.4 Å². The lowest BCUT2D eigenvalue weighted by molar-refractivity contribution is -0.120. The van der Waals surface area contributed by atoms with E-state index in [9.17, 15) is 31.4 Å². The SMILES string of the molecule is Cc1cc(C(O)(c2ccccc2)c2ccc(N(C)CC(F)(F)F)cc2)ccc1N(C)CC(F)(F)F. The van der Waals surface area contributed by atoms with Gasteiger partial charge in [-0.15, -0.1) is 0 Å². The minimum absolute atomic E-state index is 0.321. The summed E-state index contributed by atoms with van der Waals surface area (Å²) in [4.78, 5) is 2.15. The Morgan fingerprint density at radius 2 is 1.14 bits per heavy atom. The zero-order chi connectivity index (χ0) is 26.0. The summed E-state index contributed by atoms with van der Waals surface area (Å²) in [6.07, 6.45) is -8.73. The molecule has 0 aliphatic heterocycles. The third-order valence-corrected chi connectivity index (χ3v) is 5.78. The Kier molecular flexibility index (Phi) is 7.40. The number of benzene rings is 3.